The molecular formula is C14H23N3. The molecule has 1 heterocycles. The number of nitrogen functional groups attached to an aromatic ring is 1. The standard InChI is InChI=1S/C14H23N3/c1-2-8-16-9-3-10-17(12-11-16)14-6-4-13(15)5-7-14/h4-7H,2-3,8-12,15H2,1H3. The maximum Gasteiger partial charge on any atom is 0.0368 e. The SMILES string of the molecule is CCCN1CCCN(c2ccc(N)cc2)CC1. The van der Waals surface area contributed by atoms with Crippen LogP contribution in [0.2, 0.25) is 0 Å². The molecule has 3 heteroatoms. The van der Waals surface area contributed by atoms with Crippen LogP contribution in [0, 0.1) is 0 Å². The molecule has 17 heavy (non-hydrogen) atoms. The third-order valence-corrected chi connectivity index (χ3v) is 3.39. The van der Waals surface area contributed by atoms with Crippen molar-refractivity contribution in [2.24, 2.45) is 0 Å². The monoisotopic (exact) mass is 233 g/mol. The van der Waals surface area contributed by atoms with Crippen molar-refractivity contribution in [2.45, 2.75) is 19.8 Å². The van der Waals surface area contributed by atoms with E-state index in [-0.39, 0.29) is 0 Å². The van der Waals surface area contributed by atoms with Gasteiger partial charge in [-0.2, -0.15) is 0 Å². The molecule has 94 valence electrons. The average molecular weight is 233 g/mol. The molecule has 1 aromatic rings. The van der Waals surface area contributed by atoms with Gasteiger partial charge in [-0.25, -0.2) is 0 Å². The van der Waals surface area contributed by atoms with Crippen molar-refractivity contribution in [2.75, 3.05) is 43.4 Å². The lowest BCUT2D eigenvalue weighted by Gasteiger charge is -2.23. The first-order chi connectivity index (χ1) is 8.29. The van der Waals surface area contributed by atoms with Crippen LogP contribution >= 0.6 is 0 Å². The summed E-state index contributed by atoms with van der Waals surface area (Å²) in [4.78, 5) is 5.03. The summed E-state index contributed by atoms with van der Waals surface area (Å²) in [5.74, 6) is 0. The Balaban J connectivity index is 1.96. The predicted octanol–water partition coefficient (Wildman–Crippen LogP) is 2.19. The highest BCUT2D eigenvalue weighted by Gasteiger charge is 2.14. The molecule has 0 bridgehead atoms. The molecular weight excluding hydrogens is 210 g/mol. The van der Waals surface area contributed by atoms with Crippen LogP contribution in [0.15, 0.2) is 24.3 Å². The van der Waals surface area contributed by atoms with Crippen molar-refractivity contribution >= 4 is 11.4 Å². The summed E-state index contributed by atoms with van der Waals surface area (Å²) in [6.45, 7) is 8.18. The first-order valence-corrected chi connectivity index (χ1v) is 6.62. The number of anilines is 2. The third-order valence-electron chi connectivity index (χ3n) is 3.39. The van der Waals surface area contributed by atoms with Crippen molar-refractivity contribution in [3.63, 3.8) is 0 Å². The zero-order valence-electron chi connectivity index (χ0n) is 10.7. The predicted molar refractivity (Wildman–Crippen MR) is 74.4 cm³/mol. The summed E-state index contributed by atoms with van der Waals surface area (Å²) in [7, 11) is 0. The van der Waals surface area contributed by atoms with E-state index < -0.39 is 0 Å². The van der Waals surface area contributed by atoms with E-state index >= 15 is 0 Å². The highest BCUT2D eigenvalue weighted by Crippen LogP contribution is 2.18. The molecule has 0 unspecified atom stereocenters. The Labute approximate surface area is 104 Å². The van der Waals surface area contributed by atoms with Crippen molar-refractivity contribution in [3.05, 3.63) is 24.3 Å². The zero-order valence-corrected chi connectivity index (χ0v) is 10.7. The number of nitrogens with two attached hydrogens (primary N) is 1. The number of rotatable bonds is 3. The molecule has 3 nitrogen and oxygen atoms in total. The maximum atomic E-state index is 5.72. The van der Waals surface area contributed by atoms with Gasteiger partial charge in [-0.3, -0.25) is 0 Å². The van der Waals surface area contributed by atoms with E-state index in [4.69, 9.17) is 5.73 Å². The van der Waals surface area contributed by atoms with Gasteiger partial charge in [-0.1, -0.05) is 6.92 Å². The summed E-state index contributed by atoms with van der Waals surface area (Å²) in [5.41, 5.74) is 7.87. The zero-order chi connectivity index (χ0) is 12.1. The summed E-state index contributed by atoms with van der Waals surface area (Å²) in [6.07, 6.45) is 2.51. The Morgan fingerprint density at radius 3 is 2.53 bits per heavy atom. The molecule has 0 aromatic heterocycles. The number of hydrogen-bond acceptors (Lipinski definition) is 3. The fraction of sp³-hybridized carbons (Fsp3) is 0.571. The van der Waals surface area contributed by atoms with Crippen LogP contribution < -0.4 is 10.6 Å². The minimum Gasteiger partial charge on any atom is -0.399 e. The van der Waals surface area contributed by atoms with Gasteiger partial charge in [-0.15, -0.1) is 0 Å². The Morgan fingerprint density at radius 1 is 1.06 bits per heavy atom. The van der Waals surface area contributed by atoms with Crippen LogP contribution in [-0.2, 0) is 0 Å². The van der Waals surface area contributed by atoms with Crippen molar-refractivity contribution in [3.8, 4) is 0 Å². The van der Waals surface area contributed by atoms with Crippen LogP contribution in [-0.4, -0.2) is 37.6 Å². The molecule has 2 N–H and O–H groups in total. The van der Waals surface area contributed by atoms with Crippen molar-refractivity contribution < 1.29 is 0 Å². The van der Waals surface area contributed by atoms with Gasteiger partial charge in [0.2, 0.25) is 0 Å². The molecule has 2 rings (SSSR count). The van der Waals surface area contributed by atoms with Crippen LogP contribution in [0.5, 0.6) is 0 Å². The van der Waals surface area contributed by atoms with Crippen LogP contribution in [0.3, 0.4) is 0 Å². The van der Waals surface area contributed by atoms with E-state index in [2.05, 4.69) is 28.9 Å². The molecule has 1 aromatic carbocycles. The van der Waals surface area contributed by atoms with Gasteiger partial charge in [0.1, 0.15) is 0 Å². The van der Waals surface area contributed by atoms with Crippen molar-refractivity contribution in [1.82, 2.24) is 4.90 Å². The second-order valence-electron chi connectivity index (χ2n) is 4.77. The lowest BCUT2D eigenvalue weighted by atomic mass is 10.2. The van der Waals surface area contributed by atoms with E-state index in [1.54, 1.807) is 0 Å². The highest BCUT2D eigenvalue weighted by molar-refractivity contribution is 5.53. The van der Waals surface area contributed by atoms with Crippen LogP contribution in [0.4, 0.5) is 11.4 Å². The lowest BCUT2D eigenvalue weighted by Crippen LogP contribution is -2.31. The third kappa shape index (κ3) is 3.37. The van der Waals surface area contributed by atoms with E-state index in [0.717, 1.165) is 18.8 Å². The molecule has 1 saturated heterocycles. The smallest absolute Gasteiger partial charge is 0.0368 e. The van der Waals surface area contributed by atoms with Crippen LogP contribution in [0.25, 0.3) is 0 Å². The Kier molecular flexibility index (Phi) is 4.26. The van der Waals surface area contributed by atoms with E-state index in [1.807, 2.05) is 12.1 Å². The topological polar surface area (TPSA) is 32.5 Å². The van der Waals surface area contributed by atoms with Gasteiger partial charge in [-0.05, 0) is 50.2 Å². The number of benzene rings is 1. The van der Waals surface area contributed by atoms with E-state index in [0.29, 0.717) is 0 Å². The molecule has 0 atom stereocenters. The van der Waals surface area contributed by atoms with Gasteiger partial charge in [0.25, 0.3) is 0 Å². The minimum absolute atomic E-state index is 0.844. The van der Waals surface area contributed by atoms with Gasteiger partial charge in [0.15, 0.2) is 0 Å². The van der Waals surface area contributed by atoms with Crippen molar-refractivity contribution in [1.29, 1.82) is 0 Å². The van der Waals surface area contributed by atoms with E-state index in [9.17, 15) is 0 Å². The van der Waals surface area contributed by atoms with Gasteiger partial charge >= 0.3 is 0 Å². The summed E-state index contributed by atoms with van der Waals surface area (Å²) in [5, 5.41) is 0. The molecule has 0 aliphatic carbocycles. The van der Waals surface area contributed by atoms with E-state index in [1.165, 1.54) is 38.2 Å². The Bertz CT molecular complexity index is 334. The Hall–Kier alpha value is -1.22. The second-order valence-corrected chi connectivity index (χ2v) is 4.77. The molecule has 0 radical (unpaired) electrons. The molecule has 0 saturated carbocycles. The molecule has 1 aliphatic heterocycles. The second kappa shape index (κ2) is 5.92. The summed E-state index contributed by atoms with van der Waals surface area (Å²) >= 11 is 0. The normalized spacial score (nSPS) is 18.1. The highest BCUT2D eigenvalue weighted by atomic mass is 15.2. The largest absolute Gasteiger partial charge is 0.399 e. The van der Waals surface area contributed by atoms with Crippen LogP contribution in [0.1, 0.15) is 19.8 Å². The number of hydrogen-bond donors (Lipinski definition) is 1. The maximum absolute atomic E-state index is 5.72. The number of nitrogens with zero attached hydrogens (tertiary/aromatic N) is 2. The fourth-order valence-electron chi connectivity index (χ4n) is 2.45. The summed E-state index contributed by atoms with van der Waals surface area (Å²) < 4.78 is 0. The fourth-order valence-corrected chi connectivity index (χ4v) is 2.45. The van der Waals surface area contributed by atoms with Gasteiger partial charge in [0.05, 0.1) is 0 Å². The first kappa shape index (κ1) is 12.2. The van der Waals surface area contributed by atoms with Gasteiger partial charge < -0.3 is 15.5 Å². The summed E-state index contributed by atoms with van der Waals surface area (Å²) in [6, 6.07) is 8.24. The molecule has 1 aliphatic rings. The molecule has 0 amide bonds. The first-order valence-electron chi connectivity index (χ1n) is 6.62. The molecule has 1 fully saturated rings. The quantitative estimate of drug-likeness (QED) is 0.812. The Morgan fingerprint density at radius 2 is 1.82 bits per heavy atom. The van der Waals surface area contributed by atoms with Gasteiger partial charge in [0, 0.05) is 31.0 Å². The molecule has 0 spiro atoms. The minimum atomic E-state index is 0.844. The average Bonchev–Trinajstić information content (AvgIpc) is 2.56. The lowest BCUT2D eigenvalue weighted by molar-refractivity contribution is 0.294.